The van der Waals surface area contributed by atoms with Crippen LogP contribution in [0.4, 0.5) is 0 Å². The second-order valence-electron chi connectivity index (χ2n) is 11.2. The minimum Gasteiger partial charge on any atom is -0.464 e. The zero-order valence-corrected chi connectivity index (χ0v) is 23.7. The molecule has 0 unspecified atom stereocenters. The Hall–Kier alpha value is -5.38. The number of furan rings is 2. The SMILES string of the molecule is c1cc(-c2c3ccccc3c(-c3cccc4sc5ccccc5c34)c3ccccc23)c2c(c1)oc1c3ccoc3ccc12. The molecule has 0 N–H and O–H groups in total. The van der Waals surface area contributed by atoms with Crippen LogP contribution in [-0.2, 0) is 0 Å². The number of hydrogen-bond acceptors (Lipinski definition) is 3. The van der Waals surface area contributed by atoms with E-state index in [1.54, 1.807) is 6.26 Å². The molecule has 200 valence electrons. The van der Waals surface area contributed by atoms with Crippen LogP contribution in [0.3, 0.4) is 0 Å². The van der Waals surface area contributed by atoms with E-state index in [-0.39, 0.29) is 0 Å². The minimum atomic E-state index is 0.837. The van der Waals surface area contributed by atoms with Gasteiger partial charge in [0.05, 0.1) is 11.6 Å². The lowest BCUT2D eigenvalue weighted by atomic mass is 9.84. The maximum absolute atomic E-state index is 6.52. The van der Waals surface area contributed by atoms with E-state index in [4.69, 9.17) is 8.83 Å². The second-order valence-corrected chi connectivity index (χ2v) is 12.3. The number of fused-ring (bicyclic) bond motifs is 10. The third-order valence-electron chi connectivity index (χ3n) is 8.97. The first-order valence-electron chi connectivity index (χ1n) is 14.5. The van der Waals surface area contributed by atoms with Crippen LogP contribution >= 0.6 is 11.3 Å². The molecule has 0 aliphatic heterocycles. The predicted molar refractivity (Wildman–Crippen MR) is 182 cm³/mol. The van der Waals surface area contributed by atoms with Crippen LogP contribution in [0, 0.1) is 0 Å². The summed E-state index contributed by atoms with van der Waals surface area (Å²) in [6.45, 7) is 0. The molecule has 0 amide bonds. The van der Waals surface area contributed by atoms with Crippen molar-refractivity contribution < 1.29 is 8.83 Å². The molecule has 0 atom stereocenters. The van der Waals surface area contributed by atoms with Gasteiger partial charge >= 0.3 is 0 Å². The molecular weight excluding hydrogens is 545 g/mol. The number of hydrogen-bond donors (Lipinski definition) is 0. The highest BCUT2D eigenvalue weighted by Gasteiger charge is 2.22. The van der Waals surface area contributed by atoms with Gasteiger partial charge in [0.15, 0.2) is 0 Å². The van der Waals surface area contributed by atoms with Crippen molar-refractivity contribution in [3.63, 3.8) is 0 Å². The molecule has 0 fully saturated rings. The molecule has 3 heteroatoms. The number of benzene rings is 7. The monoisotopic (exact) mass is 566 g/mol. The Balaban J connectivity index is 1.39. The van der Waals surface area contributed by atoms with E-state index < -0.39 is 0 Å². The quantitative estimate of drug-likeness (QED) is 0.195. The molecule has 0 bridgehead atoms. The summed E-state index contributed by atoms with van der Waals surface area (Å²) in [4.78, 5) is 0. The molecule has 2 nitrogen and oxygen atoms in total. The van der Waals surface area contributed by atoms with Crippen LogP contribution in [0.2, 0.25) is 0 Å². The zero-order chi connectivity index (χ0) is 28.1. The molecule has 10 aromatic rings. The summed E-state index contributed by atoms with van der Waals surface area (Å²) in [6.07, 6.45) is 1.73. The third kappa shape index (κ3) is 3.12. The average molecular weight is 567 g/mol. The van der Waals surface area contributed by atoms with Gasteiger partial charge in [-0.1, -0.05) is 91.0 Å². The molecule has 0 aliphatic rings. The maximum atomic E-state index is 6.52. The van der Waals surface area contributed by atoms with Crippen molar-refractivity contribution in [2.75, 3.05) is 0 Å². The van der Waals surface area contributed by atoms with Gasteiger partial charge in [0.2, 0.25) is 0 Å². The molecule has 0 saturated carbocycles. The van der Waals surface area contributed by atoms with Gasteiger partial charge in [-0.3, -0.25) is 0 Å². The first kappa shape index (κ1) is 23.2. The largest absolute Gasteiger partial charge is 0.464 e. The van der Waals surface area contributed by atoms with Crippen molar-refractivity contribution >= 4 is 86.0 Å². The van der Waals surface area contributed by atoms with Gasteiger partial charge in [0, 0.05) is 30.9 Å². The second kappa shape index (κ2) is 8.57. The lowest BCUT2D eigenvalue weighted by Gasteiger charge is -2.19. The van der Waals surface area contributed by atoms with E-state index in [2.05, 4.69) is 121 Å². The maximum Gasteiger partial charge on any atom is 0.146 e. The summed E-state index contributed by atoms with van der Waals surface area (Å²) in [5, 5.41) is 10.9. The summed E-state index contributed by atoms with van der Waals surface area (Å²) in [7, 11) is 0. The van der Waals surface area contributed by atoms with Crippen LogP contribution < -0.4 is 0 Å². The highest BCUT2D eigenvalue weighted by molar-refractivity contribution is 7.25. The molecule has 0 aliphatic carbocycles. The van der Waals surface area contributed by atoms with E-state index in [0.29, 0.717) is 0 Å². The van der Waals surface area contributed by atoms with Gasteiger partial charge in [-0.2, -0.15) is 0 Å². The zero-order valence-electron chi connectivity index (χ0n) is 22.9. The van der Waals surface area contributed by atoms with Crippen molar-refractivity contribution in [2.24, 2.45) is 0 Å². The summed E-state index contributed by atoms with van der Waals surface area (Å²) in [5.41, 5.74) is 7.57. The van der Waals surface area contributed by atoms with E-state index in [1.165, 1.54) is 64.0 Å². The fourth-order valence-electron chi connectivity index (χ4n) is 7.23. The van der Waals surface area contributed by atoms with Gasteiger partial charge in [-0.25, -0.2) is 0 Å². The number of thiophene rings is 1. The predicted octanol–water partition coefficient (Wildman–Crippen LogP) is 12.3. The minimum absolute atomic E-state index is 0.837. The Morgan fingerprint density at radius 2 is 1.00 bits per heavy atom. The highest BCUT2D eigenvalue weighted by atomic mass is 32.1. The standard InChI is InChI=1S/C40H22O2S/c1-3-11-25-23(9-1)36(29-14-7-16-33-38(29)31-19-20-32-27(21-22-41-32)40(31)42-33)24-10-2-4-12-26(24)37(25)30-15-8-18-35-39(30)28-13-5-6-17-34(28)43-35/h1-22H. The first-order chi connectivity index (χ1) is 21.3. The van der Waals surface area contributed by atoms with Gasteiger partial charge in [-0.15, -0.1) is 11.3 Å². The molecule has 7 aromatic carbocycles. The molecule has 10 rings (SSSR count). The van der Waals surface area contributed by atoms with Crippen LogP contribution in [0.1, 0.15) is 0 Å². The lowest BCUT2D eigenvalue weighted by molar-refractivity contribution is 0.615. The van der Waals surface area contributed by atoms with Crippen molar-refractivity contribution in [3.05, 3.63) is 134 Å². The summed E-state index contributed by atoms with van der Waals surface area (Å²) in [5.74, 6) is 0. The van der Waals surface area contributed by atoms with Crippen molar-refractivity contribution in [1.29, 1.82) is 0 Å². The normalized spacial score (nSPS) is 12.2. The molecule has 0 saturated heterocycles. The van der Waals surface area contributed by atoms with E-state index in [9.17, 15) is 0 Å². The smallest absolute Gasteiger partial charge is 0.146 e. The third-order valence-corrected chi connectivity index (χ3v) is 10.1. The Bertz CT molecular complexity index is 2680. The highest BCUT2D eigenvalue weighted by Crippen LogP contribution is 2.49. The topological polar surface area (TPSA) is 26.3 Å². The van der Waals surface area contributed by atoms with Gasteiger partial charge in [0.25, 0.3) is 0 Å². The molecular formula is C40H22O2S. The van der Waals surface area contributed by atoms with E-state index >= 15 is 0 Å². The van der Waals surface area contributed by atoms with Crippen molar-refractivity contribution in [1.82, 2.24) is 0 Å². The molecule has 3 aromatic heterocycles. The Kier molecular flexibility index (Phi) is 4.63. The van der Waals surface area contributed by atoms with Gasteiger partial charge in [-0.05, 0) is 80.2 Å². The first-order valence-corrected chi connectivity index (χ1v) is 15.3. The van der Waals surface area contributed by atoms with Gasteiger partial charge < -0.3 is 8.83 Å². The average Bonchev–Trinajstić information content (AvgIpc) is 3.78. The summed E-state index contributed by atoms with van der Waals surface area (Å²) in [6, 6.07) is 45.9. The Morgan fingerprint density at radius 3 is 1.72 bits per heavy atom. The Labute approximate surface area is 250 Å². The van der Waals surface area contributed by atoms with Gasteiger partial charge in [0.1, 0.15) is 16.7 Å². The van der Waals surface area contributed by atoms with Crippen LogP contribution in [0.25, 0.3) is 96.9 Å². The Morgan fingerprint density at radius 1 is 0.395 bits per heavy atom. The molecule has 0 radical (unpaired) electrons. The van der Waals surface area contributed by atoms with Crippen LogP contribution in [-0.4, -0.2) is 0 Å². The fourth-order valence-corrected chi connectivity index (χ4v) is 8.36. The van der Waals surface area contributed by atoms with Crippen molar-refractivity contribution in [2.45, 2.75) is 0 Å². The summed E-state index contributed by atoms with van der Waals surface area (Å²) < 4.78 is 14.9. The van der Waals surface area contributed by atoms with E-state index in [1.807, 2.05) is 17.4 Å². The number of rotatable bonds is 2. The van der Waals surface area contributed by atoms with E-state index in [0.717, 1.165) is 32.9 Å². The molecule has 0 spiro atoms. The van der Waals surface area contributed by atoms with Crippen LogP contribution in [0.15, 0.2) is 142 Å². The molecule has 3 heterocycles. The lowest BCUT2D eigenvalue weighted by Crippen LogP contribution is -1.91. The molecule has 43 heavy (non-hydrogen) atoms. The van der Waals surface area contributed by atoms with Crippen LogP contribution in [0.5, 0.6) is 0 Å². The van der Waals surface area contributed by atoms with Crippen molar-refractivity contribution in [3.8, 4) is 22.3 Å². The fraction of sp³-hybridized carbons (Fsp3) is 0. The summed E-state index contributed by atoms with van der Waals surface area (Å²) >= 11 is 1.87.